The van der Waals surface area contributed by atoms with Crippen LogP contribution < -0.4 is 5.73 Å². The van der Waals surface area contributed by atoms with Crippen molar-refractivity contribution in [3.05, 3.63) is 34.9 Å². The topological polar surface area (TPSA) is 55.6 Å². The summed E-state index contributed by atoms with van der Waals surface area (Å²) >= 11 is 5.88. The van der Waals surface area contributed by atoms with Crippen LogP contribution >= 0.6 is 11.6 Å². The van der Waals surface area contributed by atoms with Gasteiger partial charge in [0.05, 0.1) is 5.92 Å². The van der Waals surface area contributed by atoms with Gasteiger partial charge in [-0.2, -0.15) is 0 Å². The first-order valence-electron chi connectivity index (χ1n) is 6.90. The quantitative estimate of drug-likeness (QED) is 0.904. The van der Waals surface area contributed by atoms with Crippen LogP contribution in [-0.4, -0.2) is 43.7 Å². The fourth-order valence-corrected chi connectivity index (χ4v) is 2.74. The molecule has 0 aromatic heterocycles. The number of rotatable bonds is 5. The average Bonchev–Trinajstić information content (AvgIpc) is 2.46. The number of benzene rings is 1. The fourth-order valence-electron chi connectivity index (χ4n) is 2.62. The summed E-state index contributed by atoms with van der Waals surface area (Å²) in [6.07, 6.45) is 2.01. The Morgan fingerprint density at radius 2 is 2.00 bits per heavy atom. The Hall–Kier alpha value is -1.10. The van der Waals surface area contributed by atoms with E-state index in [1.807, 2.05) is 19.2 Å². The lowest BCUT2D eigenvalue weighted by molar-refractivity contribution is -0.120. The molecule has 1 saturated heterocycles. The first kappa shape index (κ1) is 15.3. The predicted molar refractivity (Wildman–Crippen MR) is 79.9 cm³/mol. The molecule has 0 spiro atoms. The lowest BCUT2D eigenvalue weighted by Crippen LogP contribution is -2.41. The molecule has 1 heterocycles. The summed E-state index contributed by atoms with van der Waals surface area (Å²) in [7, 11) is 2.04. The molecule has 1 fully saturated rings. The number of likely N-dealkylation sites (N-methyl/N-ethyl adjacent to an activating group) is 1. The van der Waals surface area contributed by atoms with Gasteiger partial charge in [-0.1, -0.05) is 23.7 Å². The largest absolute Gasteiger partial charge is 0.381 e. The summed E-state index contributed by atoms with van der Waals surface area (Å²) in [5.74, 6) is -0.605. The predicted octanol–water partition coefficient (Wildman–Crippen LogP) is 2.02. The van der Waals surface area contributed by atoms with E-state index in [1.54, 1.807) is 12.1 Å². The Morgan fingerprint density at radius 3 is 2.55 bits per heavy atom. The summed E-state index contributed by atoms with van der Waals surface area (Å²) in [6, 6.07) is 7.78. The molecule has 1 atom stereocenters. The van der Waals surface area contributed by atoms with E-state index in [-0.39, 0.29) is 11.8 Å². The molecule has 0 saturated carbocycles. The number of amides is 1. The van der Waals surface area contributed by atoms with Gasteiger partial charge in [0, 0.05) is 30.8 Å². The Labute approximate surface area is 124 Å². The molecule has 2 N–H and O–H groups in total. The van der Waals surface area contributed by atoms with Crippen molar-refractivity contribution in [3.8, 4) is 0 Å². The molecule has 4 nitrogen and oxygen atoms in total. The summed E-state index contributed by atoms with van der Waals surface area (Å²) in [5, 5.41) is 0.662. The highest BCUT2D eigenvalue weighted by Gasteiger charge is 2.25. The second-order valence-corrected chi connectivity index (χ2v) is 5.73. The number of hydrogen-bond donors (Lipinski definition) is 1. The van der Waals surface area contributed by atoms with Crippen molar-refractivity contribution >= 4 is 17.5 Å². The van der Waals surface area contributed by atoms with E-state index in [1.165, 1.54) is 0 Å². The molecule has 1 aromatic carbocycles. The highest BCUT2D eigenvalue weighted by Crippen LogP contribution is 2.22. The minimum Gasteiger partial charge on any atom is -0.381 e. The van der Waals surface area contributed by atoms with Crippen LogP contribution in [0.3, 0.4) is 0 Å². The molecule has 5 heteroatoms. The van der Waals surface area contributed by atoms with Crippen LogP contribution in [0, 0.1) is 0 Å². The Morgan fingerprint density at radius 1 is 1.40 bits per heavy atom. The molecule has 0 radical (unpaired) electrons. The van der Waals surface area contributed by atoms with E-state index in [0.717, 1.165) is 31.6 Å². The van der Waals surface area contributed by atoms with Crippen LogP contribution in [-0.2, 0) is 9.53 Å². The van der Waals surface area contributed by atoms with Crippen LogP contribution in [0.4, 0.5) is 0 Å². The van der Waals surface area contributed by atoms with Gasteiger partial charge in [0.1, 0.15) is 0 Å². The molecule has 1 unspecified atom stereocenters. The number of ether oxygens (including phenoxy) is 1. The van der Waals surface area contributed by atoms with E-state index in [4.69, 9.17) is 22.1 Å². The molecule has 1 aliphatic rings. The minimum absolute atomic E-state index is 0.300. The standard InChI is InChI=1S/C15H21ClN2O2/c1-18(13-6-8-20-9-7-13)10-14(15(17)19)11-2-4-12(16)5-3-11/h2-5,13-14H,6-10H2,1H3,(H2,17,19). The van der Waals surface area contributed by atoms with Crippen LogP contribution in [0.15, 0.2) is 24.3 Å². The van der Waals surface area contributed by atoms with Gasteiger partial charge in [-0.05, 0) is 37.6 Å². The van der Waals surface area contributed by atoms with Crippen LogP contribution in [0.2, 0.25) is 5.02 Å². The van der Waals surface area contributed by atoms with Gasteiger partial charge in [0.25, 0.3) is 0 Å². The van der Waals surface area contributed by atoms with Crippen LogP contribution in [0.1, 0.15) is 24.3 Å². The second kappa shape index (κ2) is 7.07. The number of nitrogens with zero attached hydrogens (tertiary/aromatic N) is 1. The third-order valence-corrected chi connectivity index (χ3v) is 4.15. The first-order valence-corrected chi connectivity index (χ1v) is 7.28. The van der Waals surface area contributed by atoms with Gasteiger partial charge in [0.15, 0.2) is 0 Å². The maximum Gasteiger partial charge on any atom is 0.226 e. The van der Waals surface area contributed by atoms with Gasteiger partial charge >= 0.3 is 0 Å². The molecule has 110 valence electrons. The Kier molecular flexibility index (Phi) is 5.40. The zero-order valence-electron chi connectivity index (χ0n) is 11.7. The molecule has 20 heavy (non-hydrogen) atoms. The van der Waals surface area contributed by atoms with Gasteiger partial charge in [0.2, 0.25) is 5.91 Å². The summed E-state index contributed by atoms with van der Waals surface area (Å²) in [6.45, 7) is 2.20. The van der Waals surface area contributed by atoms with E-state index in [9.17, 15) is 4.79 Å². The zero-order valence-corrected chi connectivity index (χ0v) is 12.5. The van der Waals surface area contributed by atoms with Crippen molar-refractivity contribution < 1.29 is 9.53 Å². The summed E-state index contributed by atoms with van der Waals surface area (Å²) in [4.78, 5) is 14.0. The number of nitrogens with two attached hydrogens (primary N) is 1. The van der Waals surface area contributed by atoms with Crippen molar-refractivity contribution in [2.75, 3.05) is 26.8 Å². The van der Waals surface area contributed by atoms with Crippen molar-refractivity contribution in [3.63, 3.8) is 0 Å². The number of halogens is 1. The van der Waals surface area contributed by atoms with E-state index < -0.39 is 0 Å². The van der Waals surface area contributed by atoms with E-state index >= 15 is 0 Å². The lowest BCUT2D eigenvalue weighted by Gasteiger charge is -2.33. The number of carbonyl (C=O) groups excluding carboxylic acids is 1. The van der Waals surface area contributed by atoms with Crippen molar-refractivity contribution in [1.29, 1.82) is 0 Å². The molecular formula is C15H21ClN2O2. The first-order chi connectivity index (χ1) is 9.58. The number of hydrogen-bond acceptors (Lipinski definition) is 3. The highest BCUT2D eigenvalue weighted by molar-refractivity contribution is 6.30. The normalized spacial score (nSPS) is 18.1. The van der Waals surface area contributed by atoms with Gasteiger partial charge < -0.3 is 15.4 Å². The van der Waals surface area contributed by atoms with Crippen molar-refractivity contribution in [1.82, 2.24) is 4.90 Å². The van der Waals surface area contributed by atoms with E-state index in [0.29, 0.717) is 17.6 Å². The molecule has 2 rings (SSSR count). The third kappa shape index (κ3) is 3.95. The smallest absolute Gasteiger partial charge is 0.226 e. The Bertz CT molecular complexity index is 444. The number of primary amides is 1. The summed E-state index contributed by atoms with van der Waals surface area (Å²) < 4.78 is 5.37. The van der Waals surface area contributed by atoms with Gasteiger partial charge in [-0.15, -0.1) is 0 Å². The van der Waals surface area contributed by atoms with Crippen molar-refractivity contribution in [2.45, 2.75) is 24.8 Å². The molecule has 0 aliphatic carbocycles. The third-order valence-electron chi connectivity index (χ3n) is 3.90. The fraction of sp³-hybridized carbons (Fsp3) is 0.533. The van der Waals surface area contributed by atoms with Gasteiger partial charge in [-0.3, -0.25) is 4.79 Å². The maximum atomic E-state index is 11.7. The van der Waals surface area contributed by atoms with Crippen LogP contribution in [0.25, 0.3) is 0 Å². The van der Waals surface area contributed by atoms with Gasteiger partial charge in [-0.25, -0.2) is 0 Å². The van der Waals surface area contributed by atoms with Crippen LogP contribution in [0.5, 0.6) is 0 Å². The van der Waals surface area contributed by atoms with E-state index in [2.05, 4.69) is 4.90 Å². The minimum atomic E-state index is -0.305. The van der Waals surface area contributed by atoms with Crippen molar-refractivity contribution in [2.24, 2.45) is 5.73 Å². The zero-order chi connectivity index (χ0) is 14.5. The molecule has 1 aromatic rings. The average molecular weight is 297 g/mol. The molecular weight excluding hydrogens is 276 g/mol. The second-order valence-electron chi connectivity index (χ2n) is 5.29. The molecule has 0 bridgehead atoms. The monoisotopic (exact) mass is 296 g/mol. The maximum absolute atomic E-state index is 11.7. The molecule has 1 amide bonds. The number of carbonyl (C=O) groups is 1. The molecule has 1 aliphatic heterocycles. The Balaban J connectivity index is 2.05. The summed E-state index contributed by atoms with van der Waals surface area (Å²) in [5.41, 5.74) is 6.48. The SMILES string of the molecule is CN(CC(C(N)=O)c1ccc(Cl)cc1)C1CCOCC1. The lowest BCUT2D eigenvalue weighted by atomic mass is 9.96. The highest BCUT2D eigenvalue weighted by atomic mass is 35.5.